The maximum absolute atomic E-state index is 14.3. The first-order valence-electron chi connectivity index (χ1n) is 11.2. The zero-order chi connectivity index (χ0) is 23.1. The number of benzene rings is 2. The van der Waals surface area contributed by atoms with Crippen molar-refractivity contribution in [2.45, 2.75) is 44.7 Å². The predicted molar refractivity (Wildman–Crippen MR) is 130 cm³/mol. The molecule has 3 rings (SSSR count). The molecule has 0 N–H and O–H groups in total. The third-order valence-corrected chi connectivity index (χ3v) is 8.04. The molecular weight excluding hydrogens is 428 g/mol. The summed E-state index contributed by atoms with van der Waals surface area (Å²) in [6.07, 6.45) is 4.39. The van der Waals surface area contributed by atoms with Gasteiger partial charge in [-0.15, -0.1) is 0 Å². The summed E-state index contributed by atoms with van der Waals surface area (Å²) in [6, 6.07) is 9.05. The van der Waals surface area contributed by atoms with Crippen LogP contribution in [0.5, 0.6) is 17.2 Å². The smallest absolute Gasteiger partial charge is 0.188 e. The first-order valence-corrected chi connectivity index (χ1v) is 12.2. The van der Waals surface area contributed by atoms with Gasteiger partial charge in [0.25, 0.3) is 0 Å². The Morgan fingerprint density at radius 2 is 1.78 bits per heavy atom. The molecule has 0 amide bonds. The molecule has 0 saturated carbocycles. The van der Waals surface area contributed by atoms with E-state index in [-0.39, 0.29) is 17.8 Å². The second-order valence-electron chi connectivity index (χ2n) is 8.28. The highest BCUT2D eigenvalue weighted by Gasteiger charge is 2.33. The lowest BCUT2D eigenvalue weighted by Crippen LogP contribution is -2.33. The van der Waals surface area contributed by atoms with E-state index in [0.29, 0.717) is 25.8 Å². The summed E-state index contributed by atoms with van der Waals surface area (Å²) in [5.41, 5.74) is 2.01. The average molecular weight is 464 g/mol. The summed E-state index contributed by atoms with van der Waals surface area (Å²) in [7, 11) is 5.27. The van der Waals surface area contributed by atoms with Crippen LogP contribution in [0, 0.1) is 5.82 Å². The molecule has 2 atom stereocenters. The molecule has 1 fully saturated rings. The minimum atomic E-state index is -0.271. The van der Waals surface area contributed by atoms with Gasteiger partial charge in [-0.2, -0.15) is 0 Å². The van der Waals surface area contributed by atoms with Gasteiger partial charge < -0.3 is 23.8 Å². The van der Waals surface area contributed by atoms with Gasteiger partial charge in [-0.05, 0) is 55.3 Å². The van der Waals surface area contributed by atoms with E-state index in [1.54, 1.807) is 33.5 Å². The Balaban J connectivity index is 2.07. The second-order valence-corrected chi connectivity index (χ2v) is 10.2. The van der Waals surface area contributed by atoms with Crippen molar-refractivity contribution < 1.29 is 23.3 Å². The number of piperidine rings is 1. The van der Waals surface area contributed by atoms with Gasteiger partial charge in [0.15, 0.2) is 18.3 Å². The van der Waals surface area contributed by atoms with Crippen molar-refractivity contribution >= 4 is 19.6 Å². The van der Waals surface area contributed by atoms with E-state index >= 15 is 0 Å². The van der Waals surface area contributed by atoms with E-state index < -0.39 is 0 Å². The highest BCUT2D eigenvalue weighted by molar-refractivity contribution is 7.49. The standard InChI is InChI=1S/C25H35FNO4P/c1-6-25(2,20-15-19(29-4)16-22(30-5)24(20)31-17-28-3)32-23-11-10-18(26)14-21(23)27-12-8-7-9-13-27/h10-11,14-16,32H,6-9,12-13,17H2,1-5H3. The van der Waals surface area contributed by atoms with Gasteiger partial charge in [-0.25, -0.2) is 4.39 Å². The van der Waals surface area contributed by atoms with Crippen molar-refractivity contribution in [2.75, 3.05) is 46.1 Å². The fourth-order valence-electron chi connectivity index (χ4n) is 4.17. The molecule has 7 heteroatoms. The number of hydrogen-bond donors (Lipinski definition) is 0. The zero-order valence-corrected chi connectivity index (χ0v) is 20.8. The van der Waals surface area contributed by atoms with Crippen LogP contribution in [0.1, 0.15) is 45.1 Å². The molecule has 1 saturated heterocycles. The monoisotopic (exact) mass is 463 g/mol. The lowest BCUT2D eigenvalue weighted by atomic mass is 9.95. The maximum Gasteiger partial charge on any atom is 0.188 e. The van der Waals surface area contributed by atoms with Crippen LogP contribution in [0.25, 0.3) is 0 Å². The number of halogens is 1. The summed E-state index contributed by atoms with van der Waals surface area (Å²) in [5, 5.41) is 0.893. The fraction of sp³-hybridized carbons (Fsp3) is 0.520. The normalized spacial score (nSPS) is 16.2. The molecule has 0 aromatic heterocycles. The van der Waals surface area contributed by atoms with Crippen molar-refractivity contribution in [1.29, 1.82) is 0 Å². The summed E-state index contributed by atoms with van der Waals surface area (Å²) in [5.74, 6) is 1.79. The molecule has 1 aliphatic heterocycles. The molecule has 1 heterocycles. The molecule has 2 aromatic rings. The van der Waals surface area contributed by atoms with Gasteiger partial charge in [-0.1, -0.05) is 22.4 Å². The minimum Gasteiger partial charge on any atom is -0.497 e. The first kappa shape index (κ1) is 24.6. The van der Waals surface area contributed by atoms with E-state index in [0.717, 1.165) is 48.9 Å². The van der Waals surface area contributed by atoms with Gasteiger partial charge in [0, 0.05) is 42.7 Å². The van der Waals surface area contributed by atoms with Crippen LogP contribution in [0.2, 0.25) is 0 Å². The Bertz CT molecular complexity index is 904. The minimum absolute atomic E-state index is 0.119. The molecule has 2 aromatic carbocycles. The molecule has 0 aliphatic carbocycles. The van der Waals surface area contributed by atoms with E-state index in [4.69, 9.17) is 18.9 Å². The van der Waals surface area contributed by atoms with Crippen LogP contribution < -0.4 is 24.4 Å². The zero-order valence-electron chi connectivity index (χ0n) is 19.8. The molecule has 176 valence electrons. The predicted octanol–water partition coefficient (Wildman–Crippen LogP) is 5.45. The van der Waals surface area contributed by atoms with E-state index in [9.17, 15) is 4.39 Å². The number of methoxy groups -OCH3 is 3. The van der Waals surface area contributed by atoms with Crippen LogP contribution in [-0.4, -0.2) is 41.2 Å². The highest BCUT2D eigenvalue weighted by atomic mass is 31.1. The second kappa shape index (κ2) is 11.2. The maximum atomic E-state index is 14.3. The largest absolute Gasteiger partial charge is 0.497 e. The summed E-state index contributed by atoms with van der Waals surface area (Å²) in [4.78, 5) is 2.33. The Labute approximate surface area is 193 Å². The summed E-state index contributed by atoms with van der Waals surface area (Å²) >= 11 is 0. The van der Waals surface area contributed by atoms with Crippen LogP contribution in [-0.2, 0) is 9.89 Å². The molecule has 0 bridgehead atoms. The quantitative estimate of drug-likeness (QED) is 0.346. The van der Waals surface area contributed by atoms with Crippen LogP contribution in [0.3, 0.4) is 0 Å². The number of hydrogen-bond acceptors (Lipinski definition) is 5. The number of ether oxygens (including phenoxy) is 4. The van der Waals surface area contributed by atoms with Gasteiger partial charge >= 0.3 is 0 Å². The molecule has 0 spiro atoms. The molecule has 2 unspecified atom stereocenters. The van der Waals surface area contributed by atoms with Crippen molar-refractivity contribution in [3.05, 3.63) is 41.7 Å². The topological polar surface area (TPSA) is 40.2 Å². The molecule has 0 radical (unpaired) electrons. The lowest BCUT2D eigenvalue weighted by molar-refractivity contribution is 0.0479. The Kier molecular flexibility index (Phi) is 8.61. The van der Waals surface area contributed by atoms with Crippen LogP contribution >= 0.6 is 8.58 Å². The fourth-order valence-corrected chi connectivity index (χ4v) is 5.79. The van der Waals surface area contributed by atoms with Crippen LogP contribution in [0.4, 0.5) is 10.1 Å². The van der Waals surface area contributed by atoms with Gasteiger partial charge in [0.2, 0.25) is 0 Å². The number of nitrogens with zero attached hydrogens (tertiary/aromatic N) is 1. The number of rotatable bonds is 10. The van der Waals surface area contributed by atoms with E-state index in [1.807, 2.05) is 18.2 Å². The Hall–Kier alpha value is -2.04. The third kappa shape index (κ3) is 5.47. The molecule has 32 heavy (non-hydrogen) atoms. The Morgan fingerprint density at radius 1 is 1.03 bits per heavy atom. The molecular formula is C25H35FNO4P. The Morgan fingerprint density at radius 3 is 2.41 bits per heavy atom. The molecule has 5 nitrogen and oxygen atoms in total. The van der Waals surface area contributed by atoms with Gasteiger partial charge in [0.05, 0.1) is 14.2 Å². The average Bonchev–Trinajstić information content (AvgIpc) is 2.83. The number of anilines is 1. The van der Waals surface area contributed by atoms with Crippen molar-refractivity contribution in [1.82, 2.24) is 0 Å². The lowest BCUT2D eigenvalue weighted by Gasteiger charge is -2.35. The van der Waals surface area contributed by atoms with Crippen molar-refractivity contribution in [3.8, 4) is 17.2 Å². The van der Waals surface area contributed by atoms with Crippen LogP contribution in [0.15, 0.2) is 30.3 Å². The van der Waals surface area contributed by atoms with Gasteiger partial charge in [-0.3, -0.25) is 0 Å². The van der Waals surface area contributed by atoms with E-state index in [2.05, 4.69) is 18.7 Å². The SMILES string of the molecule is CCC(C)(Pc1ccc(F)cc1N1CCCCC1)c1cc(OC)cc(OC)c1OCOC. The van der Waals surface area contributed by atoms with Crippen molar-refractivity contribution in [2.24, 2.45) is 0 Å². The first-order chi connectivity index (χ1) is 15.5. The molecule has 1 aliphatic rings. The third-order valence-electron chi connectivity index (χ3n) is 6.17. The van der Waals surface area contributed by atoms with E-state index in [1.165, 1.54) is 6.42 Å². The van der Waals surface area contributed by atoms with Crippen molar-refractivity contribution in [3.63, 3.8) is 0 Å². The van der Waals surface area contributed by atoms with Gasteiger partial charge in [0.1, 0.15) is 11.6 Å². The summed E-state index contributed by atoms with van der Waals surface area (Å²) in [6.45, 7) is 6.46. The highest BCUT2D eigenvalue weighted by Crippen LogP contribution is 2.52. The summed E-state index contributed by atoms with van der Waals surface area (Å²) < 4.78 is 36.6.